The lowest BCUT2D eigenvalue weighted by Gasteiger charge is -2.07. The highest BCUT2D eigenvalue weighted by Gasteiger charge is 2.22. The second kappa shape index (κ2) is 5.26. The molecule has 0 aliphatic rings. The van der Waals surface area contributed by atoms with Crippen LogP contribution >= 0.6 is 27.3 Å². The van der Waals surface area contributed by atoms with Gasteiger partial charge in [-0.25, -0.2) is 8.42 Å². The molecule has 1 aromatic rings. The number of aliphatic hydroxyl groups is 1. The third kappa shape index (κ3) is 3.85. The Bertz CT molecular complexity index is 478. The van der Waals surface area contributed by atoms with Crippen molar-refractivity contribution in [2.75, 3.05) is 5.75 Å². The van der Waals surface area contributed by atoms with Crippen LogP contribution < -0.4 is 0 Å². The Hall–Kier alpha value is -0.440. The van der Waals surface area contributed by atoms with E-state index in [1.165, 1.54) is 6.07 Å². The quantitative estimate of drug-likeness (QED) is 0.845. The topological polar surface area (TPSA) is 91.7 Å². The minimum absolute atomic E-state index is 0.115. The summed E-state index contributed by atoms with van der Waals surface area (Å²) in [6.07, 6.45) is -1.96. The first-order valence-electron chi connectivity index (χ1n) is 4.19. The van der Waals surface area contributed by atoms with E-state index in [1.54, 1.807) is 6.07 Å². The molecule has 90 valence electrons. The summed E-state index contributed by atoms with van der Waals surface area (Å²) in [7, 11) is -3.61. The largest absolute Gasteiger partial charge is 0.481 e. The molecular formula is C8H9BrO5S2. The van der Waals surface area contributed by atoms with Gasteiger partial charge >= 0.3 is 5.97 Å². The van der Waals surface area contributed by atoms with Gasteiger partial charge in [0.1, 0.15) is 4.21 Å². The zero-order valence-electron chi connectivity index (χ0n) is 7.96. The number of carboxylic acids is 1. The van der Waals surface area contributed by atoms with Gasteiger partial charge < -0.3 is 10.2 Å². The molecule has 0 aliphatic carbocycles. The Kier molecular flexibility index (Phi) is 4.48. The number of carbonyl (C=O) groups is 1. The molecule has 0 radical (unpaired) electrons. The van der Waals surface area contributed by atoms with Gasteiger partial charge in [0.25, 0.3) is 0 Å². The third-order valence-electron chi connectivity index (χ3n) is 1.68. The first kappa shape index (κ1) is 13.6. The average Bonchev–Trinajstić information content (AvgIpc) is 2.49. The van der Waals surface area contributed by atoms with Crippen molar-refractivity contribution in [3.63, 3.8) is 0 Å². The normalized spacial score (nSPS) is 13.6. The van der Waals surface area contributed by atoms with Crippen molar-refractivity contribution in [1.29, 1.82) is 0 Å². The van der Waals surface area contributed by atoms with Gasteiger partial charge in [-0.3, -0.25) is 4.79 Å². The number of rotatable bonds is 5. The molecule has 1 rings (SSSR count). The Morgan fingerprint density at radius 3 is 2.56 bits per heavy atom. The monoisotopic (exact) mass is 328 g/mol. The van der Waals surface area contributed by atoms with Crippen LogP contribution in [0.5, 0.6) is 0 Å². The highest BCUT2D eigenvalue weighted by atomic mass is 79.9. The summed E-state index contributed by atoms with van der Waals surface area (Å²) in [5, 5.41) is 17.7. The van der Waals surface area contributed by atoms with E-state index in [2.05, 4.69) is 15.9 Å². The molecule has 0 amide bonds. The summed E-state index contributed by atoms with van der Waals surface area (Å²) >= 11 is 4.15. The summed E-state index contributed by atoms with van der Waals surface area (Å²) in [6.45, 7) is 0. The van der Waals surface area contributed by atoms with Crippen molar-refractivity contribution >= 4 is 43.1 Å². The Labute approximate surface area is 105 Å². The molecule has 1 unspecified atom stereocenters. The maximum atomic E-state index is 11.7. The number of aliphatic carboxylic acids is 1. The lowest BCUT2D eigenvalue weighted by Crippen LogP contribution is -2.23. The lowest BCUT2D eigenvalue weighted by molar-refractivity contribution is -0.138. The van der Waals surface area contributed by atoms with E-state index in [4.69, 9.17) is 5.11 Å². The van der Waals surface area contributed by atoms with Crippen LogP contribution in [0.25, 0.3) is 0 Å². The van der Waals surface area contributed by atoms with Crippen molar-refractivity contribution in [2.45, 2.75) is 16.7 Å². The Morgan fingerprint density at radius 2 is 2.12 bits per heavy atom. The van der Waals surface area contributed by atoms with Gasteiger partial charge in [-0.2, -0.15) is 0 Å². The van der Waals surface area contributed by atoms with E-state index >= 15 is 0 Å². The summed E-state index contributed by atoms with van der Waals surface area (Å²) < 4.78 is 24.1. The number of aliphatic hydroxyl groups excluding tert-OH is 1. The molecule has 0 saturated heterocycles. The number of sulfone groups is 1. The van der Waals surface area contributed by atoms with Gasteiger partial charge in [0, 0.05) is 0 Å². The van der Waals surface area contributed by atoms with Crippen molar-refractivity contribution < 1.29 is 23.4 Å². The number of thiophene rings is 1. The van der Waals surface area contributed by atoms with Crippen molar-refractivity contribution in [1.82, 2.24) is 0 Å². The second-order valence-corrected chi connectivity index (χ2v) is 7.82. The maximum Gasteiger partial charge on any atom is 0.306 e. The molecule has 5 nitrogen and oxygen atoms in total. The smallest absolute Gasteiger partial charge is 0.306 e. The standard InChI is InChI=1S/C8H9BrO5S2/c9-6-1-2-8(15-6)16(13,14)4-5(10)3-7(11)12/h1-2,5,10H,3-4H2,(H,11,12). The molecule has 1 atom stereocenters. The van der Waals surface area contributed by atoms with Crippen molar-refractivity contribution in [3.05, 3.63) is 15.9 Å². The lowest BCUT2D eigenvalue weighted by atomic mass is 10.3. The van der Waals surface area contributed by atoms with Crippen LogP contribution in [0.4, 0.5) is 0 Å². The van der Waals surface area contributed by atoms with E-state index < -0.39 is 34.1 Å². The van der Waals surface area contributed by atoms with Crippen LogP contribution in [0.2, 0.25) is 0 Å². The minimum atomic E-state index is -3.61. The van der Waals surface area contributed by atoms with Crippen molar-refractivity contribution in [3.8, 4) is 0 Å². The summed E-state index contributed by atoms with van der Waals surface area (Å²) in [5.74, 6) is -1.80. The number of hydrogen-bond acceptors (Lipinski definition) is 5. The van der Waals surface area contributed by atoms with Crippen molar-refractivity contribution in [2.24, 2.45) is 0 Å². The van der Waals surface area contributed by atoms with E-state index in [0.29, 0.717) is 3.79 Å². The van der Waals surface area contributed by atoms with Crippen LogP contribution in [0, 0.1) is 0 Å². The molecule has 0 spiro atoms. The Morgan fingerprint density at radius 1 is 1.50 bits per heavy atom. The molecule has 0 fully saturated rings. The first-order valence-corrected chi connectivity index (χ1v) is 7.45. The molecule has 1 heterocycles. The molecule has 0 aromatic carbocycles. The number of carboxylic acid groups (broad SMARTS) is 1. The molecule has 8 heteroatoms. The fourth-order valence-corrected chi connectivity index (χ4v) is 4.55. The number of halogens is 1. The first-order chi connectivity index (χ1) is 7.31. The molecule has 0 aliphatic heterocycles. The van der Waals surface area contributed by atoms with E-state index in [9.17, 15) is 18.3 Å². The van der Waals surface area contributed by atoms with Crippen LogP contribution in [-0.2, 0) is 14.6 Å². The van der Waals surface area contributed by atoms with E-state index in [-0.39, 0.29) is 4.21 Å². The Balaban J connectivity index is 2.76. The predicted octanol–water partition coefficient (Wildman–Crippen LogP) is 1.12. The fraction of sp³-hybridized carbons (Fsp3) is 0.375. The van der Waals surface area contributed by atoms with Gasteiger partial charge in [-0.05, 0) is 28.1 Å². The van der Waals surface area contributed by atoms with Gasteiger partial charge in [0.05, 0.1) is 22.1 Å². The third-order valence-corrected chi connectivity index (χ3v) is 5.68. The molecule has 0 bridgehead atoms. The second-order valence-electron chi connectivity index (χ2n) is 3.09. The van der Waals surface area contributed by atoms with Gasteiger partial charge in [0.2, 0.25) is 0 Å². The van der Waals surface area contributed by atoms with Crippen LogP contribution in [0.3, 0.4) is 0 Å². The molecule has 16 heavy (non-hydrogen) atoms. The summed E-state index contributed by atoms with van der Waals surface area (Å²) in [4.78, 5) is 10.3. The van der Waals surface area contributed by atoms with Gasteiger partial charge in [0.15, 0.2) is 9.84 Å². The van der Waals surface area contributed by atoms with Gasteiger partial charge in [-0.15, -0.1) is 11.3 Å². The summed E-state index contributed by atoms with van der Waals surface area (Å²) in [5.41, 5.74) is 0. The molecular weight excluding hydrogens is 320 g/mol. The molecule has 0 saturated carbocycles. The zero-order valence-corrected chi connectivity index (χ0v) is 11.2. The maximum absolute atomic E-state index is 11.7. The SMILES string of the molecule is O=C(O)CC(O)CS(=O)(=O)c1ccc(Br)s1. The van der Waals surface area contributed by atoms with E-state index in [1.807, 2.05) is 0 Å². The molecule has 2 N–H and O–H groups in total. The van der Waals surface area contributed by atoms with Crippen LogP contribution in [0.1, 0.15) is 6.42 Å². The molecule has 1 aromatic heterocycles. The highest BCUT2D eigenvalue weighted by molar-refractivity contribution is 9.11. The summed E-state index contributed by atoms with van der Waals surface area (Å²) in [6, 6.07) is 3.00. The van der Waals surface area contributed by atoms with Crippen LogP contribution in [-0.4, -0.2) is 36.5 Å². The average molecular weight is 329 g/mol. The number of hydrogen-bond donors (Lipinski definition) is 2. The predicted molar refractivity (Wildman–Crippen MR) is 62.3 cm³/mol. The van der Waals surface area contributed by atoms with E-state index in [0.717, 1.165) is 11.3 Å². The highest BCUT2D eigenvalue weighted by Crippen LogP contribution is 2.27. The fourth-order valence-electron chi connectivity index (χ4n) is 1.06. The minimum Gasteiger partial charge on any atom is -0.481 e. The van der Waals surface area contributed by atoms with Crippen LogP contribution in [0.15, 0.2) is 20.1 Å². The zero-order chi connectivity index (χ0) is 12.3. The van der Waals surface area contributed by atoms with Gasteiger partial charge in [-0.1, -0.05) is 0 Å².